The third-order valence-corrected chi connectivity index (χ3v) is 2.55. The van der Waals surface area contributed by atoms with E-state index in [0.29, 0.717) is 12.4 Å². The molecule has 3 nitrogen and oxygen atoms in total. The van der Waals surface area contributed by atoms with Crippen LogP contribution in [0.2, 0.25) is 0 Å². The van der Waals surface area contributed by atoms with Gasteiger partial charge in [-0.05, 0) is 12.1 Å². The molecule has 0 bridgehead atoms. The van der Waals surface area contributed by atoms with Crippen molar-refractivity contribution in [2.45, 2.75) is 13.3 Å². The number of hydrogen-bond acceptors (Lipinski definition) is 2. The van der Waals surface area contributed by atoms with E-state index in [1.165, 1.54) is 0 Å². The van der Waals surface area contributed by atoms with Gasteiger partial charge in [0.1, 0.15) is 0 Å². The molecule has 1 atom stereocenters. The molecule has 0 saturated carbocycles. The summed E-state index contributed by atoms with van der Waals surface area (Å²) in [6.07, 6.45) is 2.50. The molecule has 0 aliphatic heterocycles. The number of aromatic nitrogens is 1. The summed E-state index contributed by atoms with van der Waals surface area (Å²) >= 11 is 5.57. The van der Waals surface area contributed by atoms with Crippen LogP contribution in [0.4, 0.5) is 0 Å². The number of pyridine rings is 1. The molecule has 0 spiro atoms. The van der Waals surface area contributed by atoms with E-state index in [-0.39, 0.29) is 11.8 Å². The van der Waals surface area contributed by atoms with Crippen molar-refractivity contribution in [3.05, 3.63) is 30.1 Å². The van der Waals surface area contributed by atoms with Crippen LogP contribution in [-0.2, 0) is 11.2 Å². The Kier molecular flexibility index (Phi) is 5.12. The molecule has 1 amide bonds. The van der Waals surface area contributed by atoms with Gasteiger partial charge in [0.25, 0.3) is 0 Å². The van der Waals surface area contributed by atoms with E-state index in [1.54, 1.807) is 6.20 Å². The van der Waals surface area contributed by atoms with Crippen LogP contribution >= 0.6 is 11.6 Å². The lowest BCUT2D eigenvalue weighted by Crippen LogP contribution is -2.31. The summed E-state index contributed by atoms with van der Waals surface area (Å²) in [5.41, 5.74) is 0.983. The lowest BCUT2D eigenvalue weighted by atomic mass is 10.2. The number of nitrogens with zero attached hydrogens (tertiary/aromatic N) is 1. The summed E-state index contributed by atoms with van der Waals surface area (Å²) in [7, 11) is 0. The highest BCUT2D eigenvalue weighted by Gasteiger charge is 2.09. The predicted octanol–water partition coefficient (Wildman–Crippen LogP) is 1.62. The number of hydrogen-bond donors (Lipinski definition) is 1. The molecule has 1 aromatic heterocycles. The number of nitrogens with one attached hydrogen (secondary N) is 1. The Morgan fingerprint density at radius 2 is 2.40 bits per heavy atom. The van der Waals surface area contributed by atoms with Crippen LogP contribution in [0.15, 0.2) is 24.4 Å². The van der Waals surface area contributed by atoms with Gasteiger partial charge in [0.2, 0.25) is 5.91 Å². The first kappa shape index (κ1) is 12.0. The topological polar surface area (TPSA) is 42.0 Å². The second kappa shape index (κ2) is 6.40. The molecular weight excluding hydrogens is 212 g/mol. The van der Waals surface area contributed by atoms with Crippen LogP contribution in [0.1, 0.15) is 12.6 Å². The van der Waals surface area contributed by atoms with Crippen molar-refractivity contribution >= 4 is 17.5 Å². The van der Waals surface area contributed by atoms with E-state index in [0.717, 1.165) is 12.1 Å². The molecule has 0 radical (unpaired) electrons. The van der Waals surface area contributed by atoms with E-state index in [1.807, 2.05) is 25.1 Å². The normalized spacial score (nSPS) is 12.1. The summed E-state index contributed by atoms with van der Waals surface area (Å²) in [5, 5.41) is 2.82. The zero-order chi connectivity index (χ0) is 11.1. The second-order valence-corrected chi connectivity index (χ2v) is 3.73. The van der Waals surface area contributed by atoms with Gasteiger partial charge in [-0.15, -0.1) is 11.6 Å². The summed E-state index contributed by atoms with van der Waals surface area (Å²) in [4.78, 5) is 15.5. The lowest BCUT2D eigenvalue weighted by Gasteiger charge is -2.08. The largest absolute Gasteiger partial charge is 0.355 e. The number of carbonyl (C=O) groups excluding carboxylic acids is 1. The van der Waals surface area contributed by atoms with E-state index in [9.17, 15) is 4.79 Å². The minimum atomic E-state index is -0.129. The Morgan fingerprint density at radius 1 is 1.60 bits per heavy atom. The van der Waals surface area contributed by atoms with Crippen molar-refractivity contribution in [1.82, 2.24) is 10.3 Å². The van der Waals surface area contributed by atoms with Crippen LogP contribution in [-0.4, -0.2) is 23.3 Å². The highest BCUT2D eigenvalue weighted by molar-refractivity contribution is 6.19. The number of alkyl halides is 1. The van der Waals surface area contributed by atoms with Gasteiger partial charge < -0.3 is 5.32 Å². The highest BCUT2D eigenvalue weighted by Crippen LogP contribution is 1.98. The van der Waals surface area contributed by atoms with Crippen LogP contribution in [0.5, 0.6) is 0 Å². The van der Waals surface area contributed by atoms with Gasteiger partial charge in [-0.25, -0.2) is 0 Å². The Morgan fingerprint density at radius 3 is 3.00 bits per heavy atom. The number of carbonyl (C=O) groups is 1. The zero-order valence-corrected chi connectivity index (χ0v) is 9.50. The molecule has 1 N–H and O–H groups in total. The molecule has 15 heavy (non-hydrogen) atoms. The van der Waals surface area contributed by atoms with E-state index >= 15 is 0 Å². The molecule has 0 fully saturated rings. The third kappa shape index (κ3) is 4.30. The average molecular weight is 227 g/mol. The van der Waals surface area contributed by atoms with Gasteiger partial charge in [-0.1, -0.05) is 13.0 Å². The summed E-state index contributed by atoms with van der Waals surface area (Å²) in [5.74, 6) is 0.228. The maximum absolute atomic E-state index is 11.3. The van der Waals surface area contributed by atoms with Crippen LogP contribution in [0, 0.1) is 5.92 Å². The van der Waals surface area contributed by atoms with E-state index in [2.05, 4.69) is 10.3 Å². The van der Waals surface area contributed by atoms with Gasteiger partial charge in [0, 0.05) is 36.7 Å². The molecule has 0 aromatic carbocycles. The van der Waals surface area contributed by atoms with Crippen molar-refractivity contribution in [3.63, 3.8) is 0 Å². The molecule has 4 heteroatoms. The van der Waals surface area contributed by atoms with Gasteiger partial charge in [0.15, 0.2) is 0 Å². The first-order chi connectivity index (χ1) is 7.24. The maximum Gasteiger partial charge on any atom is 0.224 e. The molecule has 1 aromatic rings. The quantitative estimate of drug-likeness (QED) is 0.776. The standard InChI is InChI=1S/C11H15ClN2O/c1-9(8-12)11(15)14-7-5-10-4-2-3-6-13-10/h2-4,6,9H,5,7-8H2,1H3,(H,14,15). The first-order valence-corrected chi connectivity index (χ1v) is 5.51. The molecular formula is C11H15ClN2O. The summed E-state index contributed by atoms with van der Waals surface area (Å²) in [6, 6.07) is 5.75. The molecule has 1 rings (SSSR count). The summed E-state index contributed by atoms with van der Waals surface area (Å²) < 4.78 is 0. The van der Waals surface area contributed by atoms with E-state index in [4.69, 9.17) is 11.6 Å². The Labute approximate surface area is 94.9 Å². The Hall–Kier alpha value is -1.09. The fourth-order valence-electron chi connectivity index (χ4n) is 1.10. The Bertz CT molecular complexity index is 303. The van der Waals surface area contributed by atoms with Crippen molar-refractivity contribution in [2.75, 3.05) is 12.4 Å². The van der Waals surface area contributed by atoms with Crippen molar-refractivity contribution in [2.24, 2.45) is 5.92 Å². The average Bonchev–Trinajstić information content (AvgIpc) is 2.29. The molecule has 0 saturated heterocycles. The monoisotopic (exact) mass is 226 g/mol. The van der Waals surface area contributed by atoms with Crippen LogP contribution < -0.4 is 5.32 Å². The first-order valence-electron chi connectivity index (χ1n) is 4.97. The maximum atomic E-state index is 11.3. The molecule has 1 heterocycles. The highest BCUT2D eigenvalue weighted by atomic mass is 35.5. The van der Waals surface area contributed by atoms with Gasteiger partial charge in [0.05, 0.1) is 0 Å². The second-order valence-electron chi connectivity index (χ2n) is 3.42. The SMILES string of the molecule is CC(CCl)C(=O)NCCc1ccccn1. The smallest absolute Gasteiger partial charge is 0.224 e. The van der Waals surface area contributed by atoms with Gasteiger partial charge in [-0.3, -0.25) is 9.78 Å². The Balaban J connectivity index is 2.25. The molecule has 0 aliphatic rings. The van der Waals surface area contributed by atoms with Crippen molar-refractivity contribution < 1.29 is 4.79 Å². The fraction of sp³-hybridized carbons (Fsp3) is 0.455. The van der Waals surface area contributed by atoms with Gasteiger partial charge in [-0.2, -0.15) is 0 Å². The molecule has 1 unspecified atom stereocenters. The third-order valence-electron chi connectivity index (χ3n) is 2.09. The lowest BCUT2D eigenvalue weighted by molar-refractivity contribution is -0.123. The molecule has 0 aliphatic carbocycles. The molecule has 82 valence electrons. The minimum absolute atomic E-state index is 0.000862. The van der Waals surface area contributed by atoms with Crippen molar-refractivity contribution in [3.8, 4) is 0 Å². The number of halogens is 1. The van der Waals surface area contributed by atoms with Crippen molar-refractivity contribution in [1.29, 1.82) is 0 Å². The van der Waals surface area contributed by atoms with Crippen LogP contribution in [0.25, 0.3) is 0 Å². The van der Waals surface area contributed by atoms with E-state index < -0.39 is 0 Å². The van der Waals surface area contributed by atoms with Gasteiger partial charge >= 0.3 is 0 Å². The fourth-order valence-corrected chi connectivity index (χ4v) is 1.24. The zero-order valence-electron chi connectivity index (χ0n) is 8.74. The minimum Gasteiger partial charge on any atom is -0.355 e. The number of rotatable bonds is 5. The summed E-state index contributed by atoms with van der Waals surface area (Å²) in [6.45, 7) is 2.42. The predicted molar refractivity (Wildman–Crippen MR) is 60.8 cm³/mol. The number of amides is 1. The van der Waals surface area contributed by atoms with Crippen LogP contribution in [0.3, 0.4) is 0 Å².